The van der Waals surface area contributed by atoms with Gasteiger partial charge in [-0.05, 0) is 19.4 Å². The van der Waals surface area contributed by atoms with Crippen molar-refractivity contribution in [3.63, 3.8) is 0 Å². The summed E-state index contributed by atoms with van der Waals surface area (Å²) in [6, 6.07) is 11.1. The molecule has 1 aromatic carbocycles. The second-order valence-corrected chi connectivity index (χ2v) is 4.93. The number of benzene rings is 1. The first-order valence-electron chi connectivity index (χ1n) is 6.42. The van der Waals surface area contributed by atoms with Gasteiger partial charge in [-0.1, -0.05) is 36.9 Å². The predicted octanol–water partition coefficient (Wildman–Crippen LogP) is 2.68. The Labute approximate surface area is 105 Å². The fourth-order valence-corrected chi connectivity index (χ4v) is 2.32. The van der Waals surface area contributed by atoms with Gasteiger partial charge in [-0.25, -0.2) is 0 Å². The normalized spacial score (nSPS) is 17.5. The second kappa shape index (κ2) is 5.37. The van der Waals surface area contributed by atoms with E-state index in [2.05, 4.69) is 54.5 Å². The molecule has 1 aliphatic heterocycles. The van der Waals surface area contributed by atoms with E-state index >= 15 is 0 Å². The highest BCUT2D eigenvalue weighted by Crippen LogP contribution is 2.19. The van der Waals surface area contributed by atoms with Crippen molar-refractivity contribution in [2.75, 3.05) is 26.2 Å². The number of hydrogen-bond acceptors (Lipinski definition) is 2. The van der Waals surface area contributed by atoms with Gasteiger partial charge in [-0.15, -0.1) is 0 Å². The van der Waals surface area contributed by atoms with E-state index in [1.165, 1.54) is 5.56 Å². The van der Waals surface area contributed by atoms with Gasteiger partial charge in [0.05, 0.1) is 0 Å². The van der Waals surface area contributed by atoms with Crippen LogP contribution in [0.3, 0.4) is 0 Å². The summed E-state index contributed by atoms with van der Waals surface area (Å²) in [7, 11) is 0. The van der Waals surface area contributed by atoms with Gasteiger partial charge >= 0.3 is 0 Å². The van der Waals surface area contributed by atoms with Gasteiger partial charge in [0, 0.05) is 37.9 Å². The molecule has 0 spiro atoms. The third-order valence-electron chi connectivity index (χ3n) is 3.53. The maximum absolute atomic E-state index is 4.23. The molecule has 0 aliphatic carbocycles. The molecule has 1 saturated heterocycles. The zero-order valence-corrected chi connectivity index (χ0v) is 10.9. The molecule has 2 nitrogen and oxygen atoms in total. The van der Waals surface area contributed by atoms with Crippen molar-refractivity contribution in [1.29, 1.82) is 0 Å². The van der Waals surface area contributed by atoms with E-state index in [1.807, 2.05) is 6.07 Å². The van der Waals surface area contributed by atoms with Crippen LogP contribution in [0.4, 0.5) is 0 Å². The van der Waals surface area contributed by atoms with Crippen LogP contribution in [0.15, 0.2) is 36.9 Å². The quantitative estimate of drug-likeness (QED) is 0.787. The van der Waals surface area contributed by atoms with Crippen molar-refractivity contribution in [2.24, 2.45) is 0 Å². The summed E-state index contributed by atoms with van der Waals surface area (Å²) < 4.78 is 0. The van der Waals surface area contributed by atoms with E-state index in [4.69, 9.17) is 0 Å². The first-order chi connectivity index (χ1) is 8.18. The first kappa shape index (κ1) is 12.2. The molecule has 0 atom stereocenters. The minimum absolute atomic E-state index is 0.655. The summed E-state index contributed by atoms with van der Waals surface area (Å²) in [5, 5.41) is 0. The van der Waals surface area contributed by atoms with Crippen molar-refractivity contribution in [3.8, 4) is 0 Å². The molecule has 0 saturated carbocycles. The number of hydrogen-bond donors (Lipinski definition) is 0. The van der Waals surface area contributed by atoms with Crippen LogP contribution >= 0.6 is 0 Å². The zero-order valence-electron chi connectivity index (χ0n) is 10.9. The van der Waals surface area contributed by atoms with Crippen LogP contribution in [0.2, 0.25) is 0 Å². The van der Waals surface area contributed by atoms with Crippen LogP contribution in [-0.4, -0.2) is 42.0 Å². The Balaban J connectivity index is 1.95. The lowest BCUT2D eigenvalue weighted by Crippen LogP contribution is -2.47. The molecule has 1 aromatic rings. The molecule has 2 rings (SSSR count). The molecular formula is C15H22N2. The van der Waals surface area contributed by atoms with Crippen molar-refractivity contribution < 1.29 is 0 Å². The van der Waals surface area contributed by atoms with Crippen molar-refractivity contribution in [1.82, 2.24) is 9.80 Å². The SMILES string of the molecule is C=C(c1ccccc1)N1CCN(C(C)C)CC1. The summed E-state index contributed by atoms with van der Waals surface area (Å²) in [5.74, 6) is 0. The largest absolute Gasteiger partial charge is 0.369 e. The minimum atomic E-state index is 0.655. The number of rotatable bonds is 3. The molecule has 0 aromatic heterocycles. The first-order valence-corrected chi connectivity index (χ1v) is 6.42. The van der Waals surface area contributed by atoms with Gasteiger partial charge in [-0.2, -0.15) is 0 Å². The molecule has 1 fully saturated rings. The molecule has 0 unspecified atom stereocenters. The summed E-state index contributed by atoms with van der Waals surface area (Å²) in [5.41, 5.74) is 2.40. The van der Waals surface area contributed by atoms with Crippen LogP contribution in [0.5, 0.6) is 0 Å². The molecule has 0 N–H and O–H groups in total. The Hall–Kier alpha value is -1.28. The van der Waals surface area contributed by atoms with Gasteiger partial charge in [0.1, 0.15) is 0 Å². The van der Waals surface area contributed by atoms with Gasteiger partial charge < -0.3 is 4.90 Å². The smallest absolute Gasteiger partial charge is 0.0367 e. The molecular weight excluding hydrogens is 208 g/mol. The molecule has 0 amide bonds. The lowest BCUT2D eigenvalue weighted by molar-refractivity contribution is 0.144. The van der Waals surface area contributed by atoms with Gasteiger partial charge in [-0.3, -0.25) is 4.90 Å². The van der Waals surface area contributed by atoms with Crippen molar-refractivity contribution in [2.45, 2.75) is 19.9 Å². The Morgan fingerprint density at radius 3 is 2.18 bits per heavy atom. The molecule has 17 heavy (non-hydrogen) atoms. The van der Waals surface area contributed by atoms with Crippen molar-refractivity contribution in [3.05, 3.63) is 42.5 Å². The summed E-state index contributed by atoms with van der Waals surface area (Å²) in [6.45, 7) is 13.2. The van der Waals surface area contributed by atoms with Crippen LogP contribution in [0.25, 0.3) is 5.70 Å². The minimum Gasteiger partial charge on any atom is -0.369 e. The Morgan fingerprint density at radius 2 is 1.65 bits per heavy atom. The van der Waals surface area contributed by atoms with E-state index in [9.17, 15) is 0 Å². The fraction of sp³-hybridized carbons (Fsp3) is 0.467. The highest BCUT2D eigenvalue weighted by molar-refractivity contribution is 5.61. The van der Waals surface area contributed by atoms with Crippen LogP contribution < -0.4 is 0 Å². The third-order valence-corrected chi connectivity index (χ3v) is 3.53. The van der Waals surface area contributed by atoms with Crippen molar-refractivity contribution >= 4 is 5.70 Å². The van der Waals surface area contributed by atoms with Gasteiger partial charge in [0.2, 0.25) is 0 Å². The van der Waals surface area contributed by atoms with Crippen LogP contribution in [-0.2, 0) is 0 Å². The molecule has 0 radical (unpaired) electrons. The lowest BCUT2D eigenvalue weighted by atomic mass is 10.1. The monoisotopic (exact) mass is 230 g/mol. The highest BCUT2D eigenvalue weighted by Gasteiger charge is 2.19. The molecule has 1 aliphatic rings. The van der Waals surface area contributed by atoms with Gasteiger partial charge in [0.25, 0.3) is 0 Å². The molecule has 1 heterocycles. The zero-order chi connectivity index (χ0) is 12.3. The predicted molar refractivity (Wildman–Crippen MR) is 73.8 cm³/mol. The Morgan fingerprint density at radius 1 is 1.06 bits per heavy atom. The van der Waals surface area contributed by atoms with E-state index in [0.717, 1.165) is 31.9 Å². The maximum Gasteiger partial charge on any atom is 0.0367 e. The number of piperazine rings is 1. The van der Waals surface area contributed by atoms with Gasteiger partial charge in [0.15, 0.2) is 0 Å². The second-order valence-electron chi connectivity index (χ2n) is 4.93. The van der Waals surface area contributed by atoms with E-state index in [1.54, 1.807) is 0 Å². The third kappa shape index (κ3) is 2.89. The average Bonchev–Trinajstić information content (AvgIpc) is 2.39. The van der Waals surface area contributed by atoms with E-state index < -0.39 is 0 Å². The molecule has 2 heteroatoms. The topological polar surface area (TPSA) is 6.48 Å². The van der Waals surface area contributed by atoms with E-state index in [0.29, 0.717) is 6.04 Å². The van der Waals surface area contributed by atoms with E-state index in [-0.39, 0.29) is 0 Å². The fourth-order valence-electron chi connectivity index (χ4n) is 2.32. The molecule has 0 bridgehead atoms. The number of nitrogens with zero attached hydrogens (tertiary/aromatic N) is 2. The lowest BCUT2D eigenvalue weighted by Gasteiger charge is -2.39. The standard InChI is InChI=1S/C15H22N2/c1-13(2)16-9-11-17(12-10-16)14(3)15-7-5-4-6-8-15/h4-8,13H,3,9-12H2,1-2H3. The Kier molecular flexibility index (Phi) is 3.85. The summed E-state index contributed by atoms with van der Waals surface area (Å²) in [4.78, 5) is 4.92. The molecule has 92 valence electrons. The van der Waals surface area contributed by atoms with Crippen LogP contribution in [0.1, 0.15) is 19.4 Å². The maximum atomic E-state index is 4.23. The van der Waals surface area contributed by atoms with Crippen LogP contribution in [0, 0.1) is 0 Å². The Bertz CT molecular complexity index is 362. The summed E-state index contributed by atoms with van der Waals surface area (Å²) >= 11 is 0. The summed E-state index contributed by atoms with van der Waals surface area (Å²) in [6.07, 6.45) is 0. The highest BCUT2D eigenvalue weighted by atomic mass is 15.3. The average molecular weight is 230 g/mol.